The van der Waals surface area contributed by atoms with Crippen molar-refractivity contribution in [3.8, 4) is 5.75 Å². The highest BCUT2D eigenvalue weighted by molar-refractivity contribution is 6.31. The number of hydrogen-bond acceptors (Lipinski definition) is 4. The van der Waals surface area contributed by atoms with Crippen LogP contribution in [0, 0.1) is 0 Å². The molecule has 0 aliphatic carbocycles. The van der Waals surface area contributed by atoms with Gasteiger partial charge in [0.05, 0.1) is 12.7 Å². The molecule has 2 unspecified atom stereocenters. The molecule has 2 fully saturated rings. The Hall–Kier alpha value is -0.810. The highest BCUT2D eigenvalue weighted by Gasteiger charge is 2.31. The first-order chi connectivity index (χ1) is 9.74. The number of phenols is 1. The number of rotatable bonds is 4. The predicted octanol–water partition coefficient (Wildman–Crippen LogP) is 2.00. The number of ether oxygens (including phenoxy) is 1. The summed E-state index contributed by atoms with van der Waals surface area (Å²) in [6.07, 6.45) is 2.80. The summed E-state index contributed by atoms with van der Waals surface area (Å²) < 4.78 is 5.89. The van der Waals surface area contributed by atoms with E-state index in [0.29, 0.717) is 17.6 Å². The van der Waals surface area contributed by atoms with Gasteiger partial charge in [-0.3, -0.25) is 4.90 Å². The lowest BCUT2D eigenvalue weighted by atomic mass is 10.1. The number of phenolic OH excluding ortho intramolecular Hbond substituents is 1. The lowest BCUT2D eigenvalue weighted by Crippen LogP contribution is -2.49. The van der Waals surface area contributed by atoms with Gasteiger partial charge in [0.15, 0.2) is 0 Å². The van der Waals surface area contributed by atoms with E-state index in [-0.39, 0.29) is 11.9 Å². The molecule has 1 aromatic carbocycles. The standard InChI is InChI=1S/C15H21ClN2O2/c16-14-4-1-5-15(19)13(14)8-17-7-12-9-18-6-2-3-11(18)10-20-12/h1,4-5,11-12,17,19H,2-3,6-10H2. The molecule has 2 N–H and O–H groups in total. The van der Waals surface area contributed by atoms with E-state index in [1.54, 1.807) is 18.2 Å². The summed E-state index contributed by atoms with van der Waals surface area (Å²) in [7, 11) is 0. The van der Waals surface area contributed by atoms with Crippen molar-refractivity contribution in [1.82, 2.24) is 10.2 Å². The van der Waals surface area contributed by atoms with Crippen LogP contribution in [0.25, 0.3) is 0 Å². The quantitative estimate of drug-likeness (QED) is 0.892. The molecule has 0 radical (unpaired) electrons. The molecule has 1 aromatic rings. The fraction of sp³-hybridized carbons (Fsp3) is 0.600. The van der Waals surface area contributed by atoms with Gasteiger partial charge in [-0.25, -0.2) is 0 Å². The van der Waals surface area contributed by atoms with Gasteiger partial charge in [0, 0.05) is 36.3 Å². The largest absolute Gasteiger partial charge is 0.508 e. The van der Waals surface area contributed by atoms with E-state index in [1.807, 2.05) is 0 Å². The van der Waals surface area contributed by atoms with Gasteiger partial charge in [-0.1, -0.05) is 17.7 Å². The molecule has 0 bridgehead atoms. The maximum Gasteiger partial charge on any atom is 0.121 e. The number of aromatic hydroxyl groups is 1. The second-order valence-electron chi connectivity index (χ2n) is 5.61. The average Bonchev–Trinajstić information content (AvgIpc) is 2.89. The molecular weight excluding hydrogens is 276 g/mol. The van der Waals surface area contributed by atoms with Crippen LogP contribution in [0.5, 0.6) is 5.75 Å². The molecule has 2 aliphatic rings. The Labute approximate surface area is 124 Å². The van der Waals surface area contributed by atoms with Gasteiger partial charge in [-0.2, -0.15) is 0 Å². The van der Waals surface area contributed by atoms with Crippen LogP contribution in [-0.4, -0.2) is 48.4 Å². The summed E-state index contributed by atoms with van der Waals surface area (Å²) in [5.74, 6) is 0.245. The predicted molar refractivity (Wildman–Crippen MR) is 79.2 cm³/mol. The minimum atomic E-state index is 0.231. The Morgan fingerprint density at radius 1 is 1.45 bits per heavy atom. The molecule has 0 amide bonds. The average molecular weight is 297 g/mol. The number of benzene rings is 1. The van der Waals surface area contributed by atoms with E-state index >= 15 is 0 Å². The van der Waals surface area contributed by atoms with E-state index < -0.39 is 0 Å². The van der Waals surface area contributed by atoms with E-state index in [2.05, 4.69) is 10.2 Å². The summed E-state index contributed by atoms with van der Waals surface area (Å²) in [5.41, 5.74) is 0.754. The molecule has 3 rings (SSSR count). The van der Waals surface area contributed by atoms with Gasteiger partial charge in [0.25, 0.3) is 0 Å². The van der Waals surface area contributed by atoms with Crippen molar-refractivity contribution >= 4 is 11.6 Å². The van der Waals surface area contributed by atoms with Gasteiger partial charge < -0.3 is 15.2 Å². The molecular formula is C15H21ClN2O2. The number of nitrogens with zero attached hydrogens (tertiary/aromatic N) is 1. The third-order valence-electron chi connectivity index (χ3n) is 4.23. The normalized spacial score (nSPS) is 26.6. The van der Waals surface area contributed by atoms with Crippen LogP contribution < -0.4 is 5.32 Å². The lowest BCUT2D eigenvalue weighted by Gasteiger charge is -2.35. The topological polar surface area (TPSA) is 44.7 Å². The Morgan fingerprint density at radius 3 is 3.20 bits per heavy atom. The third-order valence-corrected chi connectivity index (χ3v) is 4.58. The molecule has 5 heteroatoms. The monoisotopic (exact) mass is 296 g/mol. The Kier molecular flexibility index (Phi) is 4.46. The van der Waals surface area contributed by atoms with Gasteiger partial charge in [0.2, 0.25) is 0 Å². The van der Waals surface area contributed by atoms with Gasteiger partial charge in [-0.15, -0.1) is 0 Å². The highest BCUT2D eigenvalue weighted by atomic mass is 35.5. The molecule has 0 aromatic heterocycles. The van der Waals surface area contributed by atoms with Crippen molar-refractivity contribution in [2.75, 3.05) is 26.2 Å². The van der Waals surface area contributed by atoms with Gasteiger partial charge >= 0.3 is 0 Å². The maximum atomic E-state index is 9.79. The van der Waals surface area contributed by atoms with Crippen LogP contribution in [0.2, 0.25) is 5.02 Å². The molecule has 2 atom stereocenters. The van der Waals surface area contributed by atoms with Crippen molar-refractivity contribution in [2.45, 2.75) is 31.5 Å². The number of morpholine rings is 1. The fourth-order valence-electron chi connectivity index (χ4n) is 3.09. The molecule has 0 spiro atoms. The second-order valence-corrected chi connectivity index (χ2v) is 6.02. The molecule has 110 valence electrons. The van der Waals surface area contributed by atoms with Gasteiger partial charge in [-0.05, 0) is 31.5 Å². The second kappa shape index (κ2) is 6.31. The summed E-state index contributed by atoms with van der Waals surface area (Å²) >= 11 is 6.08. The van der Waals surface area contributed by atoms with E-state index in [4.69, 9.17) is 16.3 Å². The van der Waals surface area contributed by atoms with Crippen molar-refractivity contribution < 1.29 is 9.84 Å². The molecule has 0 saturated carbocycles. The van der Waals surface area contributed by atoms with Crippen molar-refractivity contribution in [3.63, 3.8) is 0 Å². The third kappa shape index (κ3) is 3.09. The molecule has 20 heavy (non-hydrogen) atoms. The van der Waals surface area contributed by atoms with Crippen LogP contribution in [0.1, 0.15) is 18.4 Å². The molecule has 2 saturated heterocycles. The van der Waals surface area contributed by atoms with E-state index in [0.717, 1.165) is 25.3 Å². The Balaban J connectivity index is 1.48. The first kappa shape index (κ1) is 14.1. The van der Waals surface area contributed by atoms with Crippen LogP contribution in [0.4, 0.5) is 0 Å². The number of hydrogen-bond donors (Lipinski definition) is 2. The number of halogens is 1. The zero-order valence-electron chi connectivity index (χ0n) is 11.5. The Morgan fingerprint density at radius 2 is 2.35 bits per heavy atom. The Bertz CT molecular complexity index is 449. The maximum absolute atomic E-state index is 9.79. The smallest absolute Gasteiger partial charge is 0.121 e. The minimum absolute atomic E-state index is 0.231. The first-order valence-electron chi connectivity index (χ1n) is 7.27. The van der Waals surface area contributed by atoms with Crippen LogP contribution in [0.3, 0.4) is 0 Å². The number of nitrogens with one attached hydrogen (secondary N) is 1. The molecule has 4 nitrogen and oxygen atoms in total. The summed E-state index contributed by atoms with van der Waals surface area (Å²) in [4.78, 5) is 2.53. The zero-order valence-corrected chi connectivity index (χ0v) is 12.3. The minimum Gasteiger partial charge on any atom is -0.508 e. The summed E-state index contributed by atoms with van der Waals surface area (Å²) in [5, 5.41) is 13.7. The van der Waals surface area contributed by atoms with E-state index in [9.17, 15) is 5.11 Å². The van der Waals surface area contributed by atoms with Crippen molar-refractivity contribution in [1.29, 1.82) is 0 Å². The SMILES string of the molecule is Oc1cccc(Cl)c1CNCC1CN2CCCC2CO1. The summed E-state index contributed by atoms with van der Waals surface area (Å²) in [6.45, 7) is 4.41. The van der Waals surface area contributed by atoms with E-state index in [1.165, 1.54) is 19.4 Å². The zero-order chi connectivity index (χ0) is 13.9. The van der Waals surface area contributed by atoms with Crippen molar-refractivity contribution in [3.05, 3.63) is 28.8 Å². The van der Waals surface area contributed by atoms with Gasteiger partial charge in [0.1, 0.15) is 5.75 Å². The van der Waals surface area contributed by atoms with Crippen molar-refractivity contribution in [2.24, 2.45) is 0 Å². The highest BCUT2D eigenvalue weighted by Crippen LogP contribution is 2.25. The number of fused-ring (bicyclic) bond motifs is 1. The summed E-state index contributed by atoms with van der Waals surface area (Å²) in [6, 6.07) is 5.84. The lowest BCUT2D eigenvalue weighted by molar-refractivity contribution is -0.0470. The van der Waals surface area contributed by atoms with Crippen LogP contribution in [0.15, 0.2) is 18.2 Å². The molecule has 2 heterocycles. The molecule has 2 aliphatic heterocycles. The van der Waals surface area contributed by atoms with Crippen LogP contribution in [-0.2, 0) is 11.3 Å². The van der Waals surface area contributed by atoms with Crippen LogP contribution >= 0.6 is 11.6 Å². The first-order valence-corrected chi connectivity index (χ1v) is 7.64. The fourth-order valence-corrected chi connectivity index (χ4v) is 3.33.